The largest absolute Gasteiger partial charge is 0.452 e. The summed E-state index contributed by atoms with van der Waals surface area (Å²) in [6.45, 7) is 4.04. The number of amides is 3. The van der Waals surface area contributed by atoms with Crippen molar-refractivity contribution < 1.29 is 27.5 Å². The molecular weight excluding hydrogens is 374 g/mol. The zero-order valence-corrected chi connectivity index (χ0v) is 16.1. The lowest BCUT2D eigenvalue weighted by molar-refractivity contribution is -0.153. The zero-order valence-electron chi connectivity index (χ0n) is 15.3. The zero-order chi connectivity index (χ0) is 20.4. The summed E-state index contributed by atoms with van der Waals surface area (Å²) >= 11 is 0. The van der Waals surface area contributed by atoms with E-state index in [4.69, 9.17) is 4.74 Å². The lowest BCUT2D eigenvalue weighted by Gasteiger charge is -2.14. The van der Waals surface area contributed by atoms with Gasteiger partial charge in [0, 0.05) is 11.4 Å². The highest BCUT2D eigenvalue weighted by atomic mass is 32.2. The number of rotatable bonds is 8. The van der Waals surface area contributed by atoms with Gasteiger partial charge in [-0.15, -0.1) is 0 Å². The fourth-order valence-electron chi connectivity index (χ4n) is 1.74. The van der Waals surface area contributed by atoms with E-state index in [-0.39, 0.29) is 6.04 Å². The fourth-order valence-corrected chi connectivity index (χ4v) is 2.50. The van der Waals surface area contributed by atoms with Crippen LogP contribution in [0.4, 0.5) is 4.79 Å². The van der Waals surface area contributed by atoms with Crippen LogP contribution in [0.25, 0.3) is 6.08 Å². The van der Waals surface area contributed by atoms with Crippen molar-refractivity contribution in [3.63, 3.8) is 0 Å². The summed E-state index contributed by atoms with van der Waals surface area (Å²) in [4.78, 5) is 34.8. The molecule has 1 rings (SSSR count). The van der Waals surface area contributed by atoms with Crippen LogP contribution in [-0.4, -0.2) is 45.0 Å². The number of esters is 1. The van der Waals surface area contributed by atoms with Crippen LogP contribution >= 0.6 is 0 Å². The molecule has 0 spiro atoms. The molecule has 3 amide bonds. The Kier molecular flexibility index (Phi) is 8.63. The van der Waals surface area contributed by atoms with Crippen molar-refractivity contribution in [1.82, 2.24) is 15.4 Å². The number of carbonyl (C=O) groups is 3. The second-order valence-electron chi connectivity index (χ2n) is 5.83. The second kappa shape index (κ2) is 10.4. The van der Waals surface area contributed by atoms with Gasteiger partial charge in [0.25, 0.3) is 5.91 Å². The maximum atomic E-state index is 11.8. The molecule has 0 heterocycles. The second-order valence-corrected chi connectivity index (χ2v) is 7.48. The summed E-state index contributed by atoms with van der Waals surface area (Å²) in [5.41, 5.74) is 0.676. The smallest absolute Gasteiger partial charge is 0.321 e. The molecule has 0 aliphatic carbocycles. The first-order chi connectivity index (χ1) is 12.6. The quantitative estimate of drug-likeness (QED) is 0.555. The van der Waals surface area contributed by atoms with Crippen LogP contribution in [0.5, 0.6) is 0 Å². The maximum absolute atomic E-state index is 11.8. The first-order valence-corrected chi connectivity index (χ1v) is 9.67. The van der Waals surface area contributed by atoms with Crippen molar-refractivity contribution in [2.75, 3.05) is 6.54 Å². The Morgan fingerprint density at radius 2 is 1.74 bits per heavy atom. The first kappa shape index (κ1) is 22.3. The van der Waals surface area contributed by atoms with E-state index >= 15 is 0 Å². The number of imide groups is 1. The van der Waals surface area contributed by atoms with E-state index < -0.39 is 40.6 Å². The molecule has 0 fully saturated rings. The highest BCUT2D eigenvalue weighted by molar-refractivity contribution is 7.92. The molecule has 0 bridgehead atoms. The molecule has 0 aromatic heterocycles. The SMILES string of the molecule is CC(C)NC(=O)NC(=O)[C@@H](C)OC(=O)CNS(=O)(=O)/C=C/c1ccccc1. The Balaban J connectivity index is 2.46. The number of ether oxygens (including phenoxy) is 1. The Morgan fingerprint density at radius 3 is 2.33 bits per heavy atom. The van der Waals surface area contributed by atoms with Crippen LogP contribution in [0, 0.1) is 0 Å². The van der Waals surface area contributed by atoms with Crippen molar-refractivity contribution in [3.8, 4) is 0 Å². The summed E-state index contributed by atoms with van der Waals surface area (Å²) < 4.78 is 30.5. The molecule has 0 unspecified atom stereocenters. The maximum Gasteiger partial charge on any atom is 0.321 e. The standard InChI is InChI=1S/C17H23N3O6S/c1-12(2)19-17(23)20-16(22)13(3)26-15(21)11-18-27(24,25)10-9-14-7-5-4-6-8-14/h4-10,12-13,18H,11H2,1-3H3,(H2,19,20,22,23)/b10-9+/t13-/m1/s1. The van der Waals surface area contributed by atoms with Gasteiger partial charge in [-0.1, -0.05) is 30.3 Å². The van der Waals surface area contributed by atoms with E-state index in [0.717, 1.165) is 5.41 Å². The Hall–Kier alpha value is -2.72. The molecule has 1 atom stereocenters. The minimum Gasteiger partial charge on any atom is -0.452 e. The third kappa shape index (κ3) is 9.52. The average Bonchev–Trinajstić information content (AvgIpc) is 2.58. The third-order valence-electron chi connectivity index (χ3n) is 2.99. The van der Waals surface area contributed by atoms with Gasteiger partial charge < -0.3 is 10.1 Å². The molecule has 3 N–H and O–H groups in total. The number of benzene rings is 1. The van der Waals surface area contributed by atoms with Gasteiger partial charge in [0.05, 0.1) is 0 Å². The van der Waals surface area contributed by atoms with Gasteiger partial charge in [0.1, 0.15) is 6.54 Å². The van der Waals surface area contributed by atoms with Crippen LogP contribution in [0.2, 0.25) is 0 Å². The molecular formula is C17H23N3O6S. The monoisotopic (exact) mass is 397 g/mol. The van der Waals surface area contributed by atoms with Crippen LogP contribution in [-0.2, 0) is 24.3 Å². The number of urea groups is 1. The molecule has 0 saturated heterocycles. The molecule has 9 nitrogen and oxygen atoms in total. The summed E-state index contributed by atoms with van der Waals surface area (Å²) in [5.74, 6) is -1.79. The van der Waals surface area contributed by atoms with Gasteiger partial charge in [0.15, 0.2) is 6.10 Å². The van der Waals surface area contributed by atoms with E-state index in [2.05, 4.69) is 5.32 Å². The number of sulfonamides is 1. The van der Waals surface area contributed by atoms with Gasteiger partial charge in [-0.2, -0.15) is 0 Å². The number of nitrogens with one attached hydrogen (secondary N) is 3. The van der Waals surface area contributed by atoms with Gasteiger partial charge in [-0.3, -0.25) is 14.9 Å². The van der Waals surface area contributed by atoms with Gasteiger partial charge in [0.2, 0.25) is 10.0 Å². The summed E-state index contributed by atoms with van der Waals surface area (Å²) in [6.07, 6.45) is 0.108. The third-order valence-corrected chi connectivity index (χ3v) is 4.03. The topological polar surface area (TPSA) is 131 Å². The summed E-state index contributed by atoms with van der Waals surface area (Å²) in [7, 11) is -3.86. The molecule has 1 aromatic rings. The molecule has 0 radical (unpaired) electrons. The van der Waals surface area contributed by atoms with E-state index in [0.29, 0.717) is 5.56 Å². The fraction of sp³-hybridized carbons (Fsp3) is 0.353. The predicted octanol–water partition coefficient (Wildman–Crippen LogP) is 0.743. The van der Waals surface area contributed by atoms with E-state index in [1.54, 1.807) is 44.2 Å². The molecule has 10 heteroatoms. The molecule has 0 saturated carbocycles. The Labute approximate surface area is 158 Å². The molecule has 27 heavy (non-hydrogen) atoms. The van der Waals surface area contributed by atoms with Crippen molar-refractivity contribution in [2.24, 2.45) is 0 Å². The highest BCUT2D eigenvalue weighted by Crippen LogP contribution is 2.02. The highest BCUT2D eigenvalue weighted by Gasteiger charge is 2.20. The van der Waals surface area contributed by atoms with Gasteiger partial charge in [-0.05, 0) is 32.4 Å². The molecule has 1 aromatic carbocycles. The molecule has 0 aliphatic rings. The minimum atomic E-state index is -3.86. The van der Waals surface area contributed by atoms with Crippen LogP contribution in [0.3, 0.4) is 0 Å². The van der Waals surface area contributed by atoms with Gasteiger partial charge >= 0.3 is 12.0 Å². The Bertz CT molecular complexity index is 790. The van der Waals surface area contributed by atoms with E-state index in [1.165, 1.54) is 13.0 Å². The predicted molar refractivity (Wildman–Crippen MR) is 99.8 cm³/mol. The first-order valence-electron chi connectivity index (χ1n) is 8.12. The average molecular weight is 397 g/mol. The van der Waals surface area contributed by atoms with Crippen LogP contribution < -0.4 is 15.4 Å². The lowest BCUT2D eigenvalue weighted by atomic mass is 10.2. The van der Waals surface area contributed by atoms with Gasteiger partial charge in [-0.25, -0.2) is 17.9 Å². The lowest BCUT2D eigenvalue weighted by Crippen LogP contribution is -2.47. The summed E-state index contributed by atoms with van der Waals surface area (Å²) in [6, 6.07) is 7.85. The molecule has 148 valence electrons. The van der Waals surface area contributed by atoms with E-state index in [1.807, 2.05) is 10.0 Å². The van der Waals surface area contributed by atoms with Crippen molar-refractivity contribution in [3.05, 3.63) is 41.3 Å². The van der Waals surface area contributed by atoms with Crippen molar-refractivity contribution >= 4 is 34.0 Å². The van der Waals surface area contributed by atoms with Crippen molar-refractivity contribution in [1.29, 1.82) is 0 Å². The van der Waals surface area contributed by atoms with Crippen molar-refractivity contribution in [2.45, 2.75) is 32.9 Å². The molecule has 0 aliphatic heterocycles. The van der Waals surface area contributed by atoms with Crippen LogP contribution in [0.1, 0.15) is 26.3 Å². The van der Waals surface area contributed by atoms with Crippen LogP contribution in [0.15, 0.2) is 35.7 Å². The Morgan fingerprint density at radius 1 is 1.11 bits per heavy atom. The number of hydrogen-bond acceptors (Lipinski definition) is 6. The summed E-state index contributed by atoms with van der Waals surface area (Å²) in [5, 5.41) is 5.37. The number of carbonyl (C=O) groups excluding carboxylic acids is 3. The normalized spacial score (nSPS) is 12.6. The van der Waals surface area contributed by atoms with E-state index in [9.17, 15) is 22.8 Å². The minimum absolute atomic E-state index is 0.172. The number of hydrogen-bond donors (Lipinski definition) is 3.